The van der Waals surface area contributed by atoms with Gasteiger partial charge in [0, 0.05) is 41.9 Å². The fraction of sp³-hybridized carbons (Fsp3) is 0.238. The Kier molecular flexibility index (Phi) is 6.15. The molecule has 0 N–H and O–H groups in total. The van der Waals surface area contributed by atoms with Crippen LogP contribution >= 0.6 is 35.0 Å². The minimum Gasteiger partial charge on any atom is -0.369 e. The predicted molar refractivity (Wildman–Crippen MR) is 119 cm³/mol. The molecule has 2 aliphatic rings. The number of halogens is 2. The molecule has 0 atom stereocenters. The highest BCUT2D eigenvalue weighted by Crippen LogP contribution is 2.34. The molecule has 0 spiro atoms. The largest absolute Gasteiger partial charge is 0.369 e. The van der Waals surface area contributed by atoms with Gasteiger partial charge in [-0.1, -0.05) is 47.5 Å². The predicted octanol–water partition coefficient (Wildman–Crippen LogP) is 4.81. The highest BCUT2D eigenvalue weighted by Gasteiger charge is 2.36. The van der Waals surface area contributed by atoms with Gasteiger partial charge in [-0.3, -0.25) is 19.4 Å². The lowest BCUT2D eigenvalue weighted by Crippen LogP contribution is -2.50. The monoisotopic (exact) mass is 447 g/mol. The Morgan fingerprint density at radius 3 is 2.38 bits per heavy atom. The highest BCUT2D eigenvalue weighted by molar-refractivity contribution is 8.18. The van der Waals surface area contributed by atoms with Crippen molar-refractivity contribution in [1.29, 1.82) is 0 Å². The maximum Gasteiger partial charge on any atom is 0.294 e. The molecular formula is C21H19Cl2N3O2S. The topological polar surface area (TPSA) is 43.9 Å². The average Bonchev–Trinajstić information content (AvgIpc) is 2.99. The molecule has 29 heavy (non-hydrogen) atoms. The van der Waals surface area contributed by atoms with Crippen molar-refractivity contribution in [2.45, 2.75) is 0 Å². The van der Waals surface area contributed by atoms with Crippen molar-refractivity contribution < 1.29 is 9.59 Å². The first kappa shape index (κ1) is 20.3. The van der Waals surface area contributed by atoms with Gasteiger partial charge in [-0.05, 0) is 47.7 Å². The fourth-order valence-corrected chi connectivity index (χ4v) is 4.65. The first-order valence-corrected chi connectivity index (χ1v) is 10.8. The van der Waals surface area contributed by atoms with Crippen LogP contribution in [0.15, 0.2) is 53.4 Å². The number of hydrogen-bond acceptors (Lipinski definition) is 5. The number of anilines is 1. The zero-order chi connectivity index (χ0) is 20.4. The van der Waals surface area contributed by atoms with Crippen LogP contribution in [0.1, 0.15) is 5.56 Å². The molecular weight excluding hydrogens is 429 g/mol. The molecule has 2 saturated heterocycles. The summed E-state index contributed by atoms with van der Waals surface area (Å²) in [5.74, 6) is -0.281. The second kappa shape index (κ2) is 8.79. The number of piperazine rings is 1. The smallest absolute Gasteiger partial charge is 0.294 e. The standard InChI is InChI=1S/C21H19Cl2N3O2S/c22-16-7-6-15(18(23)13-16)12-19-20(27)26(21(28)29-19)14-24-8-10-25(11-9-24)17-4-2-1-3-5-17/h1-7,12-13H,8-11,14H2/b19-12+. The Balaban J connectivity index is 1.39. The van der Waals surface area contributed by atoms with E-state index in [2.05, 4.69) is 21.9 Å². The SMILES string of the molecule is O=C1S/C(=C/c2ccc(Cl)cc2Cl)C(=O)N1CN1CCN(c2ccccc2)CC1. The van der Waals surface area contributed by atoms with E-state index in [9.17, 15) is 9.59 Å². The number of thioether (sulfide) groups is 1. The summed E-state index contributed by atoms with van der Waals surface area (Å²) in [6.45, 7) is 3.60. The number of nitrogens with zero attached hydrogens (tertiary/aromatic N) is 3. The van der Waals surface area contributed by atoms with Crippen molar-refractivity contribution in [3.8, 4) is 0 Å². The van der Waals surface area contributed by atoms with Crippen LogP contribution < -0.4 is 4.90 Å². The summed E-state index contributed by atoms with van der Waals surface area (Å²) < 4.78 is 0. The number of benzene rings is 2. The molecule has 5 nitrogen and oxygen atoms in total. The molecule has 2 aliphatic heterocycles. The molecule has 150 valence electrons. The zero-order valence-corrected chi connectivity index (χ0v) is 17.9. The normalized spacial score (nSPS) is 19.4. The second-order valence-electron chi connectivity index (χ2n) is 6.86. The molecule has 0 radical (unpaired) electrons. The molecule has 2 fully saturated rings. The van der Waals surface area contributed by atoms with Gasteiger partial charge in [0.1, 0.15) is 0 Å². The Labute approximate surface area is 183 Å². The van der Waals surface area contributed by atoms with Gasteiger partial charge < -0.3 is 4.90 Å². The molecule has 2 heterocycles. The molecule has 0 bridgehead atoms. The van der Waals surface area contributed by atoms with Crippen LogP contribution in [0, 0.1) is 0 Å². The van der Waals surface area contributed by atoms with E-state index in [-0.39, 0.29) is 11.1 Å². The quantitative estimate of drug-likeness (QED) is 0.629. The molecule has 0 unspecified atom stereocenters. The van der Waals surface area contributed by atoms with Crippen LogP contribution in [0.4, 0.5) is 10.5 Å². The third kappa shape index (κ3) is 4.61. The van der Waals surface area contributed by atoms with Crippen LogP contribution in [0.5, 0.6) is 0 Å². The number of rotatable bonds is 4. The van der Waals surface area contributed by atoms with Crippen LogP contribution in [0.25, 0.3) is 6.08 Å². The van der Waals surface area contributed by atoms with Crippen molar-refractivity contribution >= 4 is 57.9 Å². The Bertz CT molecular complexity index is 960. The van der Waals surface area contributed by atoms with Gasteiger partial charge in [-0.2, -0.15) is 0 Å². The van der Waals surface area contributed by atoms with Crippen LogP contribution in [0.3, 0.4) is 0 Å². The third-order valence-corrected chi connectivity index (χ3v) is 6.43. The lowest BCUT2D eigenvalue weighted by atomic mass is 10.2. The van der Waals surface area contributed by atoms with Crippen molar-refractivity contribution in [2.75, 3.05) is 37.7 Å². The molecule has 0 aliphatic carbocycles. The van der Waals surface area contributed by atoms with E-state index in [1.54, 1.807) is 24.3 Å². The maximum absolute atomic E-state index is 12.8. The molecule has 0 saturated carbocycles. The van der Waals surface area contributed by atoms with Gasteiger partial charge in [0.2, 0.25) is 0 Å². The molecule has 4 rings (SSSR count). The second-order valence-corrected chi connectivity index (χ2v) is 8.69. The summed E-state index contributed by atoms with van der Waals surface area (Å²) in [5, 5.41) is 0.716. The van der Waals surface area contributed by atoms with E-state index < -0.39 is 0 Å². The van der Waals surface area contributed by atoms with Crippen molar-refractivity contribution in [3.05, 3.63) is 69.0 Å². The van der Waals surface area contributed by atoms with E-state index in [0.29, 0.717) is 27.2 Å². The summed E-state index contributed by atoms with van der Waals surface area (Å²) in [7, 11) is 0. The molecule has 2 amide bonds. The van der Waals surface area contributed by atoms with Gasteiger partial charge >= 0.3 is 0 Å². The number of carbonyl (C=O) groups is 2. The molecule has 2 aromatic rings. The number of carbonyl (C=O) groups excluding carboxylic acids is 2. The van der Waals surface area contributed by atoms with Gasteiger partial charge in [0.25, 0.3) is 11.1 Å². The fourth-order valence-electron chi connectivity index (χ4n) is 3.37. The van der Waals surface area contributed by atoms with Gasteiger partial charge in [-0.15, -0.1) is 0 Å². The maximum atomic E-state index is 12.8. The first-order valence-electron chi connectivity index (χ1n) is 9.24. The summed E-state index contributed by atoms with van der Waals surface area (Å²) >= 11 is 13.1. The van der Waals surface area contributed by atoms with E-state index >= 15 is 0 Å². The van der Waals surface area contributed by atoms with Crippen LogP contribution in [0.2, 0.25) is 10.0 Å². The van der Waals surface area contributed by atoms with Crippen LogP contribution in [-0.4, -0.2) is 53.8 Å². The number of para-hydroxylation sites is 1. The Hall–Kier alpha value is -1.99. The summed E-state index contributed by atoms with van der Waals surface area (Å²) in [5.41, 5.74) is 1.86. The van der Waals surface area contributed by atoms with E-state index in [0.717, 1.165) is 37.9 Å². The van der Waals surface area contributed by atoms with Gasteiger partial charge in [0.15, 0.2) is 0 Å². The summed E-state index contributed by atoms with van der Waals surface area (Å²) in [6, 6.07) is 15.3. The number of imide groups is 1. The third-order valence-electron chi connectivity index (χ3n) is 4.96. The van der Waals surface area contributed by atoms with Gasteiger partial charge in [0.05, 0.1) is 11.6 Å². The molecule has 8 heteroatoms. The minimum absolute atomic E-state index is 0.253. The summed E-state index contributed by atoms with van der Waals surface area (Å²) in [4.78, 5) is 31.3. The minimum atomic E-state index is -0.281. The van der Waals surface area contributed by atoms with E-state index in [4.69, 9.17) is 23.2 Å². The lowest BCUT2D eigenvalue weighted by molar-refractivity contribution is -0.124. The van der Waals surface area contributed by atoms with Crippen molar-refractivity contribution in [1.82, 2.24) is 9.80 Å². The number of hydrogen-bond donors (Lipinski definition) is 0. The molecule has 0 aromatic heterocycles. The molecule has 2 aromatic carbocycles. The first-order chi connectivity index (χ1) is 14.0. The number of amides is 2. The average molecular weight is 448 g/mol. The van der Waals surface area contributed by atoms with E-state index in [1.165, 1.54) is 10.6 Å². The van der Waals surface area contributed by atoms with Crippen LogP contribution in [-0.2, 0) is 4.79 Å². The lowest BCUT2D eigenvalue weighted by Gasteiger charge is -2.37. The summed E-state index contributed by atoms with van der Waals surface area (Å²) in [6.07, 6.45) is 1.65. The van der Waals surface area contributed by atoms with E-state index in [1.807, 2.05) is 18.2 Å². The van der Waals surface area contributed by atoms with Crippen molar-refractivity contribution in [3.63, 3.8) is 0 Å². The van der Waals surface area contributed by atoms with Crippen molar-refractivity contribution in [2.24, 2.45) is 0 Å². The highest BCUT2D eigenvalue weighted by atomic mass is 35.5. The van der Waals surface area contributed by atoms with Gasteiger partial charge in [-0.25, -0.2) is 0 Å². The zero-order valence-electron chi connectivity index (χ0n) is 15.6. The Morgan fingerprint density at radius 1 is 0.966 bits per heavy atom. The Morgan fingerprint density at radius 2 is 1.69 bits per heavy atom.